The summed E-state index contributed by atoms with van der Waals surface area (Å²) in [5.74, 6) is 0.345. The van der Waals surface area contributed by atoms with E-state index < -0.39 is 0 Å². The molecule has 0 fully saturated rings. The Morgan fingerprint density at radius 1 is 1.13 bits per heavy atom. The van der Waals surface area contributed by atoms with Gasteiger partial charge in [0.1, 0.15) is 5.75 Å². The molecule has 7 heteroatoms. The molecule has 4 nitrogen and oxygen atoms in total. The van der Waals surface area contributed by atoms with Crippen LogP contribution in [0.25, 0.3) is 0 Å². The molecule has 2 aromatic carbocycles. The first-order valence-corrected chi connectivity index (χ1v) is 8.69. The maximum atomic E-state index is 11.9. The van der Waals surface area contributed by atoms with Crippen LogP contribution in [0, 0.1) is 6.92 Å². The lowest BCUT2D eigenvalue weighted by Gasteiger charge is -2.11. The molecule has 1 amide bonds. The number of amides is 1. The normalized spacial score (nSPS) is 10.0. The van der Waals surface area contributed by atoms with E-state index >= 15 is 0 Å². The van der Waals surface area contributed by atoms with Gasteiger partial charge in [0.25, 0.3) is 5.91 Å². The number of nitrogens with one attached hydrogen (secondary N) is 2. The number of hydrogen-bond donors (Lipinski definition) is 2. The van der Waals surface area contributed by atoms with Crippen molar-refractivity contribution < 1.29 is 9.53 Å². The van der Waals surface area contributed by atoms with Crippen LogP contribution in [-0.2, 0) is 4.79 Å². The highest BCUT2D eigenvalue weighted by Gasteiger charge is 2.07. The van der Waals surface area contributed by atoms with Crippen molar-refractivity contribution in [2.45, 2.75) is 6.92 Å². The summed E-state index contributed by atoms with van der Waals surface area (Å²) in [6, 6.07) is 13.1. The fraction of sp³-hybridized carbons (Fsp3) is 0.125. The van der Waals surface area contributed by atoms with Crippen LogP contribution in [0.5, 0.6) is 5.75 Å². The van der Waals surface area contributed by atoms with Gasteiger partial charge in [-0.25, -0.2) is 0 Å². The second-order valence-electron chi connectivity index (χ2n) is 4.71. The molecule has 0 aliphatic heterocycles. The first kappa shape index (κ1) is 17.9. The molecule has 0 aromatic heterocycles. The van der Waals surface area contributed by atoms with Crippen LogP contribution in [0.15, 0.2) is 51.4 Å². The van der Waals surface area contributed by atoms with Crippen LogP contribution in [0.4, 0.5) is 5.69 Å². The van der Waals surface area contributed by atoms with Gasteiger partial charge in [-0.2, -0.15) is 0 Å². The molecular formula is C16H14Br2N2O2S. The zero-order valence-corrected chi connectivity index (χ0v) is 16.2. The van der Waals surface area contributed by atoms with E-state index in [1.807, 2.05) is 49.4 Å². The molecule has 2 N–H and O–H groups in total. The third kappa shape index (κ3) is 5.93. The van der Waals surface area contributed by atoms with Gasteiger partial charge >= 0.3 is 0 Å². The van der Waals surface area contributed by atoms with Gasteiger partial charge in [0.05, 0.1) is 0 Å². The largest absolute Gasteiger partial charge is 0.483 e. The first-order chi connectivity index (χ1) is 10.9. The van der Waals surface area contributed by atoms with Crippen LogP contribution >= 0.6 is 44.1 Å². The number of aryl methyl sites for hydroxylation is 1. The van der Waals surface area contributed by atoms with Crippen LogP contribution in [0.2, 0.25) is 0 Å². The van der Waals surface area contributed by atoms with Crippen molar-refractivity contribution in [3.05, 3.63) is 57.0 Å². The van der Waals surface area contributed by atoms with Crippen molar-refractivity contribution in [3.8, 4) is 5.75 Å². The lowest BCUT2D eigenvalue weighted by Crippen LogP contribution is -2.37. The Morgan fingerprint density at radius 3 is 2.43 bits per heavy atom. The number of ether oxygens (including phenoxy) is 1. The van der Waals surface area contributed by atoms with Crippen LogP contribution < -0.4 is 15.4 Å². The molecule has 0 heterocycles. The number of carbonyl (C=O) groups excluding carboxylic acids is 1. The highest BCUT2D eigenvalue weighted by Crippen LogP contribution is 2.22. The molecule has 0 aliphatic rings. The maximum Gasteiger partial charge on any atom is 0.264 e. The molecule has 0 unspecified atom stereocenters. The summed E-state index contributed by atoms with van der Waals surface area (Å²) in [7, 11) is 0. The molecule has 2 rings (SSSR count). The number of rotatable bonds is 4. The van der Waals surface area contributed by atoms with Gasteiger partial charge < -0.3 is 10.1 Å². The highest BCUT2D eigenvalue weighted by atomic mass is 79.9. The smallest absolute Gasteiger partial charge is 0.264 e. The monoisotopic (exact) mass is 456 g/mol. The predicted octanol–water partition coefficient (Wildman–Crippen LogP) is 4.41. The van der Waals surface area contributed by atoms with Gasteiger partial charge in [-0.15, -0.1) is 0 Å². The average Bonchev–Trinajstić information content (AvgIpc) is 2.48. The fourth-order valence-corrected chi connectivity index (χ4v) is 2.75. The third-order valence-corrected chi connectivity index (χ3v) is 4.08. The van der Waals surface area contributed by atoms with Gasteiger partial charge in [-0.05, 0) is 67.2 Å². The molecule has 120 valence electrons. The molecule has 0 radical (unpaired) electrons. The Kier molecular flexibility index (Phi) is 6.56. The number of halogens is 2. The maximum absolute atomic E-state index is 11.9. The number of anilines is 1. The summed E-state index contributed by atoms with van der Waals surface area (Å²) in [5, 5.41) is 5.74. The molecule has 23 heavy (non-hydrogen) atoms. The van der Waals surface area contributed by atoms with E-state index in [4.69, 9.17) is 17.0 Å². The van der Waals surface area contributed by atoms with Crippen molar-refractivity contribution >= 4 is 60.8 Å². The second-order valence-corrected chi connectivity index (χ2v) is 6.95. The molecule has 0 bridgehead atoms. The van der Waals surface area contributed by atoms with Gasteiger partial charge in [-0.1, -0.05) is 31.9 Å². The van der Waals surface area contributed by atoms with Crippen LogP contribution in [-0.4, -0.2) is 17.6 Å². The summed E-state index contributed by atoms with van der Waals surface area (Å²) in [4.78, 5) is 11.9. The van der Waals surface area contributed by atoms with Crippen molar-refractivity contribution in [3.63, 3.8) is 0 Å². The zero-order chi connectivity index (χ0) is 16.8. The molecular weight excluding hydrogens is 444 g/mol. The Balaban J connectivity index is 1.82. The van der Waals surface area contributed by atoms with Gasteiger partial charge in [0.15, 0.2) is 11.7 Å². The van der Waals surface area contributed by atoms with Gasteiger partial charge in [-0.3, -0.25) is 10.1 Å². The topological polar surface area (TPSA) is 50.4 Å². The first-order valence-electron chi connectivity index (χ1n) is 6.69. The van der Waals surface area contributed by atoms with E-state index in [-0.39, 0.29) is 17.6 Å². The third-order valence-electron chi connectivity index (χ3n) is 2.85. The van der Waals surface area contributed by atoms with Crippen LogP contribution in [0.3, 0.4) is 0 Å². The van der Waals surface area contributed by atoms with E-state index in [0.717, 1.165) is 20.2 Å². The summed E-state index contributed by atoms with van der Waals surface area (Å²) in [5.41, 5.74) is 1.74. The van der Waals surface area contributed by atoms with E-state index in [1.54, 1.807) is 0 Å². The minimum Gasteiger partial charge on any atom is -0.483 e. The van der Waals surface area contributed by atoms with E-state index in [9.17, 15) is 4.79 Å². The van der Waals surface area contributed by atoms with Gasteiger partial charge in [0, 0.05) is 14.6 Å². The zero-order valence-electron chi connectivity index (χ0n) is 12.2. The minimum absolute atomic E-state index is 0.107. The Bertz CT molecular complexity index is 721. The fourth-order valence-electron chi connectivity index (χ4n) is 1.78. The Labute approximate surface area is 156 Å². The number of hydrogen-bond acceptors (Lipinski definition) is 3. The molecule has 0 saturated carbocycles. The predicted molar refractivity (Wildman–Crippen MR) is 103 cm³/mol. The summed E-state index contributed by atoms with van der Waals surface area (Å²) in [6.07, 6.45) is 0. The number of benzene rings is 2. The van der Waals surface area contributed by atoms with Crippen molar-refractivity contribution in [2.75, 3.05) is 11.9 Å². The SMILES string of the molecule is Cc1cc(Br)ccc1OCC(=O)NC(=S)Nc1ccc(Br)cc1. The van der Waals surface area contributed by atoms with E-state index in [0.29, 0.717) is 5.75 Å². The quantitative estimate of drug-likeness (QED) is 0.667. The van der Waals surface area contributed by atoms with E-state index in [1.165, 1.54) is 0 Å². The number of thiocarbonyl (C=S) groups is 1. The Morgan fingerprint density at radius 2 is 1.78 bits per heavy atom. The lowest BCUT2D eigenvalue weighted by molar-refractivity contribution is -0.121. The van der Waals surface area contributed by atoms with Crippen molar-refractivity contribution in [1.82, 2.24) is 5.32 Å². The molecule has 0 aliphatic carbocycles. The summed E-state index contributed by atoms with van der Waals surface area (Å²) >= 11 is 11.8. The van der Waals surface area contributed by atoms with E-state index in [2.05, 4.69) is 42.5 Å². The van der Waals surface area contributed by atoms with Crippen LogP contribution in [0.1, 0.15) is 5.56 Å². The average molecular weight is 458 g/mol. The minimum atomic E-state index is -0.318. The summed E-state index contributed by atoms with van der Waals surface area (Å²) < 4.78 is 7.43. The highest BCUT2D eigenvalue weighted by molar-refractivity contribution is 9.10. The van der Waals surface area contributed by atoms with Gasteiger partial charge in [0.2, 0.25) is 0 Å². The van der Waals surface area contributed by atoms with Crippen molar-refractivity contribution in [1.29, 1.82) is 0 Å². The molecule has 0 atom stereocenters. The lowest BCUT2D eigenvalue weighted by atomic mass is 10.2. The summed E-state index contributed by atoms with van der Waals surface area (Å²) in [6.45, 7) is 1.81. The Hall–Kier alpha value is -1.44. The number of carbonyl (C=O) groups is 1. The van der Waals surface area contributed by atoms with Crippen molar-refractivity contribution in [2.24, 2.45) is 0 Å². The molecule has 0 saturated heterocycles. The standard InChI is InChI=1S/C16H14Br2N2O2S/c1-10-8-12(18)4-7-14(10)22-9-15(21)20-16(23)19-13-5-2-11(17)3-6-13/h2-8H,9H2,1H3,(H2,19,20,21,23). The molecule has 0 spiro atoms. The second kappa shape index (κ2) is 8.42. The molecule has 2 aromatic rings.